The molecule has 2 aromatic heterocycles. The summed E-state index contributed by atoms with van der Waals surface area (Å²) in [6.07, 6.45) is 1.02. The molecule has 0 aliphatic rings. The molecule has 3 rings (SSSR count). The van der Waals surface area contributed by atoms with E-state index < -0.39 is 0 Å². The summed E-state index contributed by atoms with van der Waals surface area (Å²) < 4.78 is 2.01. The number of aromatic nitrogens is 3. The lowest BCUT2D eigenvalue weighted by atomic mass is 10.1. The Morgan fingerprint density at radius 2 is 2.05 bits per heavy atom. The number of hydrogen-bond donors (Lipinski definition) is 2. The summed E-state index contributed by atoms with van der Waals surface area (Å²) in [6.45, 7) is 7.26. The van der Waals surface area contributed by atoms with Crippen molar-refractivity contribution in [2.24, 2.45) is 0 Å². The average Bonchev–Trinajstić information content (AvgIpc) is 2.79. The van der Waals surface area contributed by atoms with Gasteiger partial charge in [0.1, 0.15) is 11.3 Å². The summed E-state index contributed by atoms with van der Waals surface area (Å²) in [5, 5.41) is 10.3. The van der Waals surface area contributed by atoms with E-state index in [9.17, 15) is 0 Å². The maximum atomic E-state index is 6.12. The highest BCUT2D eigenvalue weighted by atomic mass is 15.3. The third kappa shape index (κ3) is 2.28. The van der Waals surface area contributed by atoms with E-state index in [1.54, 1.807) is 0 Å². The molecule has 5 heteroatoms. The molecule has 5 nitrogen and oxygen atoms in total. The Hall–Kier alpha value is -2.30. The molecule has 0 aliphatic carbocycles. The number of nitrogens with zero attached hydrogens (tertiary/aromatic N) is 3. The van der Waals surface area contributed by atoms with Gasteiger partial charge in [-0.05, 0) is 26.3 Å². The fourth-order valence-electron chi connectivity index (χ4n) is 2.66. The summed E-state index contributed by atoms with van der Waals surface area (Å²) in [4.78, 5) is 4.47. The summed E-state index contributed by atoms with van der Waals surface area (Å²) in [7, 11) is 0. The summed E-state index contributed by atoms with van der Waals surface area (Å²) in [5.74, 6) is 1.53. The van der Waals surface area contributed by atoms with Gasteiger partial charge in [0.25, 0.3) is 0 Å². The molecule has 2 heterocycles. The number of anilines is 2. The second kappa shape index (κ2) is 5.24. The second-order valence-electron chi connectivity index (χ2n) is 5.61. The van der Waals surface area contributed by atoms with Gasteiger partial charge in [-0.25, -0.2) is 9.67 Å². The number of aryl methyl sites for hydroxylation is 1. The van der Waals surface area contributed by atoms with Crippen molar-refractivity contribution in [1.29, 1.82) is 0 Å². The number of para-hydroxylation sites is 1. The van der Waals surface area contributed by atoms with E-state index >= 15 is 0 Å². The van der Waals surface area contributed by atoms with Gasteiger partial charge in [-0.1, -0.05) is 25.1 Å². The minimum absolute atomic E-state index is 0.327. The highest BCUT2D eigenvalue weighted by Gasteiger charge is 2.17. The largest absolute Gasteiger partial charge is 0.382 e. The zero-order valence-corrected chi connectivity index (χ0v) is 12.7. The average molecular weight is 283 g/mol. The van der Waals surface area contributed by atoms with E-state index in [4.69, 9.17) is 5.73 Å². The van der Waals surface area contributed by atoms with Gasteiger partial charge >= 0.3 is 0 Å². The molecule has 21 heavy (non-hydrogen) atoms. The van der Waals surface area contributed by atoms with Crippen LogP contribution < -0.4 is 11.1 Å². The summed E-state index contributed by atoms with van der Waals surface area (Å²) >= 11 is 0. The number of fused-ring (bicyclic) bond motifs is 3. The maximum Gasteiger partial charge on any atom is 0.152 e. The van der Waals surface area contributed by atoms with Gasteiger partial charge in [0.05, 0.1) is 10.9 Å². The third-order valence-electron chi connectivity index (χ3n) is 3.47. The Labute approximate surface area is 124 Å². The highest BCUT2D eigenvalue weighted by molar-refractivity contribution is 6.13. The van der Waals surface area contributed by atoms with Crippen LogP contribution in [0.15, 0.2) is 24.3 Å². The molecule has 0 spiro atoms. The highest BCUT2D eigenvalue weighted by Crippen LogP contribution is 2.33. The topological polar surface area (TPSA) is 68.8 Å². The third-order valence-corrected chi connectivity index (χ3v) is 3.47. The standard InChI is InChI=1S/C16H21N5/c1-4-9-21-16(18-10(2)3)13-11-7-5-6-8-12(11)19-15(17)14(13)20-21/h5-8,10,18H,4,9H2,1-3H3,(H2,17,19). The number of hydrogen-bond acceptors (Lipinski definition) is 4. The van der Waals surface area contributed by atoms with Crippen LogP contribution in [-0.4, -0.2) is 20.8 Å². The minimum Gasteiger partial charge on any atom is -0.382 e. The lowest BCUT2D eigenvalue weighted by molar-refractivity contribution is 0.610. The van der Waals surface area contributed by atoms with Gasteiger partial charge in [0.2, 0.25) is 0 Å². The van der Waals surface area contributed by atoms with Crippen molar-refractivity contribution < 1.29 is 0 Å². The van der Waals surface area contributed by atoms with E-state index in [0.717, 1.165) is 40.6 Å². The number of nitrogens with one attached hydrogen (secondary N) is 1. The molecule has 0 bridgehead atoms. The quantitative estimate of drug-likeness (QED) is 0.770. The minimum atomic E-state index is 0.327. The Balaban J connectivity index is 2.39. The zero-order valence-electron chi connectivity index (χ0n) is 12.7. The van der Waals surface area contributed by atoms with E-state index in [1.165, 1.54) is 0 Å². The van der Waals surface area contributed by atoms with Crippen molar-refractivity contribution in [3.8, 4) is 0 Å². The van der Waals surface area contributed by atoms with Crippen LogP contribution in [0.25, 0.3) is 21.8 Å². The molecule has 3 N–H and O–H groups in total. The van der Waals surface area contributed by atoms with Crippen molar-refractivity contribution in [3.05, 3.63) is 24.3 Å². The van der Waals surface area contributed by atoms with Crippen LogP contribution in [0.1, 0.15) is 27.2 Å². The number of benzene rings is 1. The van der Waals surface area contributed by atoms with E-state index in [1.807, 2.05) is 22.9 Å². The molecule has 0 saturated carbocycles. The van der Waals surface area contributed by atoms with Gasteiger partial charge in [-0.3, -0.25) is 0 Å². The van der Waals surface area contributed by atoms with Gasteiger partial charge in [-0.15, -0.1) is 0 Å². The molecule has 0 saturated heterocycles. The second-order valence-corrected chi connectivity index (χ2v) is 5.61. The first-order valence-corrected chi connectivity index (χ1v) is 7.43. The zero-order chi connectivity index (χ0) is 15.0. The molecule has 110 valence electrons. The molecule has 0 radical (unpaired) electrons. The predicted octanol–water partition coefficient (Wildman–Crippen LogP) is 3.40. The lowest BCUT2D eigenvalue weighted by Gasteiger charge is -2.13. The van der Waals surface area contributed by atoms with Crippen molar-refractivity contribution in [2.45, 2.75) is 39.8 Å². The van der Waals surface area contributed by atoms with E-state index in [0.29, 0.717) is 11.9 Å². The van der Waals surface area contributed by atoms with Crippen molar-refractivity contribution in [3.63, 3.8) is 0 Å². The van der Waals surface area contributed by atoms with Crippen LogP contribution in [0.4, 0.5) is 11.6 Å². The Kier molecular flexibility index (Phi) is 3.41. The SMILES string of the molecule is CCCn1nc2c(N)nc3ccccc3c2c1NC(C)C. The Bertz CT molecular complexity index is 788. The fourth-order valence-corrected chi connectivity index (χ4v) is 2.66. The molecule has 0 amide bonds. The number of rotatable bonds is 4. The Morgan fingerprint density at radius 3 is 2.76 bits per heavy atom. The van der Waals surface area contributed by atoms with E-state index in [2.05, 4.69) is 42.2 Å². The normalized spacial score (nSPS) is 11.6. The maximum absolute atomic E-state index is 6.12. The first kappa shape index (κ1) is 13.7. The van der Waals surface area contributed by atoms with Gasteiger partial charge < -0.3 is 11.1 Å². The smallest absolute Gasteiger partial charge is 0.152 e. The van der Waals surface area contributed by atoms with Crippen molar-refractivity contribution >= 4 is 33.4 Å². The lowest BCUT2D eigenvalue weighted by Crippen LogP contribution is -2.14. The van der Waals surface area contributed by atoms with Crippen LogP contribution in [0.2, 0.25) is 0 Å². The monoisotopic (exact) mass is 283 g/mol. The molecule has 0 fully saturated rings. The van der Waals surface area contributed by atoms with E-state index in [-0.39, 0.29) is 0 Å². The summed E-state index contributed by atoms with van der Waals surface area (Å²) in [6, 6.07) is 8.39. The van der Waals surface area contributed by atoms with Gasteiger partial charge in [0, 0.05) is 18.0 Å². The van der Waals surface area contributed by atoms with Gasteiger partial charge in [-0.2, -0.15) is 5.10 Å². The molecule has 1 aromatic carbocycles. The predicted molar refractivity (Wildman–Crippen MR) is 88.5 cm³/mol. The number of pyridine rings is 1. The molecular weight excluding hydrogens is 262 g/mol. The van der Waals surface area contributed by atoms with Crippen molar-refractivity contribution in [2.75, 3.05) is 11.1 Å². The number of nitrogen functional groups attached to an aromatic ring is 1. The summed E-state index contributed by atoms with van der Waals surface area (Å²) in [5.41, 5.74) is 7.81. The van der Waals surface area contributed by atoms with Crippen LogP contribution in [0.5, 0.6) is 0 Å². The van der Waals surface area contributed by atoms with Crippen LogP contribution in [-0.2, 0) is 6.54 Å². The molecule has 3 aromatic rings. The molecule has 0 aliphatic heterocycles. The number of nitrogens with two attached hydrogens (primary N) is 1. The molecule has 0 atom stereocenters. The Morgan fingerprint density at radius 1 is 1.29 bits per heavy atom. The molecular formula is C16H21N5. The fraction of sp³-hybridized carbons (Fsp3) is 0.375. The van der Waals surface area contributed by atoms with Crippen molar-refractivity contribution in [1.82, 2.24) is 14.8 Å². The van der Waals surface area contributed by atoms with Crippen LogP contribution in [0.3, 0.4) is 0 Å². The first-order chi connectivity index (χ1) is 10.1. The van der Waals surface area contributed by atoms with Crippen LogP contribution in [0, 0.1) is 0 Å². The first-order valence-electron chi connectivity index (χ1n) is 7.43. The molecule has 0 unspecified atom stereocenters. The van der Waals surface area contributed by atoms with Crippen LogP contribution >= 0.6 is 0 Å². The van der Waals surface area contributed by atoms with Gasteiger partial charge in [0.15, 0.2) is 5.82 Å².